The van der Waals surface area contributed by atoms with E-state index in [9.17, 15) is 4.79 Å². The van der Waals surface area contributed by atoms with Gasteiger partial charge in [-0.15, -0.1) is 0 Å². The lowest BCUT2D eigenvalue weighted by molar-refractivity contribution is -0.142. The van der Waals surface area contributed by atoms with Gasteiger partial charge in [-0.25, -0.2) is 4.98 Å². The molecular weight excluding hydrogens is 254 g/mol. The molecule has 20 heavy (non-hydrogen) atoms. The second-order valence-electron chi connectivity index (χ2n) is 5.10. The second-order valence-corrected chi connectivity index (χ2v) is 5.10. The summed E-state index contributed by atoms with van der Waals surface area (Å²) in [6.07, 6.45) is 1.02. The minimum atomic E-state index is -0.814. The topological polar surface area (TPSA) is 58.4 Å². The molecule has 1 heterocycles. The van der Waals surface area contributed by atoms with Crippen LogP contribution in [0.4, 0.5) is 0 Å². The van der Waals surface area contributed by atoms with Crippen molar-refractivity contribution in [2.24, 2.45) is 0 Å². The van der Waals surface area contributed by atoms with Crippen LogP contribution < -0.4 is 0 Å². The van der Waals surface area contributed by atoms with Crippen LogP contribution in [-0.2, 0) is 17.9 Å². The van der Waals surface area contributed by atoms with E-state index in [1.165, 1.54) is 0 Å². The maximum absolute atomic E-state index is 11.0. The highest BCUT2D eigenvalue weighted by atomic mass is 16.4. The molecule has 1 atom stereocenters. The summed E-state index contributed by atoms with van der Waals surface area (Å²) in [5.41, 5.74) is 2.08. The number of hydrogen-bond donors (Lipinski definition) is 1. The third kappa shape index (κ3) is 2.82. The molecule has 0 spiro atoms. The Hall–Kier alpha value is -1.88. The molecule has 1 aromatic heterocycles. The minimum absolute atomic E-state index is 0.523. The maximum atomic E-state index is 11.0. The van der Waals surface area contributed by atoms with E-state index in [0.717, 1.165) is 29.8 Å². The van der Waals surface area contributed by atoms with Crippen molar-refractivity contribution >= 4 is 17.0 Å². The molecular formula is C15H21N3O2. The number of fused-ring (bicyclic) bond motifs is 1. The lowest BCUT2D eigenvalue weighted by atomic mass is 10.3. The van der Waals surface area contributed by atoms with Crippen LogP contribution in [0.15, 0.2) is 24.3 Å². The number of hydrogen-bond acceptors (Lipinski definition) is 3. The molecule has 108 valence electrons. The van der Waals surface area contributed by atoms with Crippen LogP contribution in [0.2, 0.25) is 0 Å². The summed E-state index contributed by atoms with van der Waals surface area (Å²) in [4.78, 5) is 17.5. The molecule has 0 aliphatic carbocycles. The average Bonchev–Trinajstić information content (AvgIpc) is 2.76. The molecule has 2 aromatic rings. The van der Waals surface area contributed by atoms with Gasteiger partial charge in [-0.05, 0) is 32.5 Å². The Morgan fingerprint density at radius 1 is 1.45 bits per heavy atom. The van der Waals surface area contributed by atoms with Crippen LogP contribution in [-0.4, -0.2) is 38.6 Å². The summed E-state index contributed by atoms with van der Waals surface area (Å²) >= 11 is 0. The van der Waals surface area contributed by atoms with Gasteiger partial charge in [-0.3, -0.25) is 9.69 Å². The van der Waals surface area contributed by atoms with Gasteiger partial charge in [0.15, 0.2) is 0 Å². The van der Waals surface area contributed by atoms with Crippen molar-refractivity contribution in [1.29, 1.82) is 0 Å². The summed E-state index contributed by atoms with van der Waals surface area (Å²) in [5.74, 6) is 0.106. The first-order valence-corrected chi connectivity index (χ1v) is 6.91. The summed E-state index contributed by atoms with van der Waals surface area (Å²) < 4.78 is 2.18. The van der Waals surface area contributed by atoms with Crippen molar-refractivity contribution in [1.82, 2.24) is 14.5 Å². The van der Waals surface area contributed by atoms with Gasteiger partial charge < -0.3 is 9.67 Å². The van der Waals surface area contributed by atoms with Crippen molar-refractivity contribution < 1.29 is 9.90 Å². The lowest BCUT2D eigenvalue weighted by Gasteiger charge is -2.21. The highest BCUT2D eigenvalue weighted by molar-refractivity contribution is 5.76. The Balaban J connectivity index is 2.33. The van der Waals surface area contributed by atoms with E-state index < -0.39 is 12.0 Å². The fourth-order valence-corrected chi connectivity index (χ4v) is 2.27. The van der Waals surface area contributed by atoms with Gasteiger partial charge in [0.05, 0.1) is 17.6 Å². The van der Waals surface area contributed by atoms with Gasteiger partial charge in [-0.1, -0.05) is 19.1 Å². The van der Waals surface area contributed by atoms with E-state index in [2.05, 4.69) is 22.5 Å². The highest BCUT2D eigenvalue weighted by Gasteiger charge is 2.19. The number of carboxylic acids is 1. The monoisotopic (exact) mass is 275 g/mol. The van der Waals surface area contributed by atoms with E-state index in [4.69, 9.17) is 5.11 Å². The number of nitrogens with zero attached hydrogens (tertiary/aromatic N) is 3. The molecule has 0 saturated carbocycles. The predicted molar refractivity (Wildman–Crippen MR) is 78.6 cm³/mol. The van der Waals surface area contributed by atoms with Crippen molar-refractivity contribution in [3.8, 4) is 0 Å². The van der Waals surface area contributed by atoms with Crippen LogP contribution in [0.5, 0.6) is 0 Å². The molecule has 0 fully saturated rings. The molecule has 5 heteroatoms. The molecule has 0 bridgehead atoms. The zero-order chi connectivity index (χ0) is 14.7. The number of rotatable bonds is 6. The third-order valence-corrected chi connectivity index (χ3v) is 3.59. The SMILES string of the molecule is CCCn1c(CN(C)C(C)C(=O)O)nc2ccccc21. The van der Waals surface area contributed by atoms with Crippen LogP contribution in [0.25, 0.3) is 11.0 Å². The minimum Gasteiger partial charge on any atom is -0.480 e. The molecule has 0 aliphatic rings. The summed E-state index contributed by atoms with van der Waals surface area (Å²) in [7, 11) is 1.81. The molecule has 5 nitrogen and oxygen atoms in total. The maximum Gasteiger partial charge on any atom is 0.320 e. The van der Waals surface area contributed by atoms with Gasteiger partial charge >= 0.3 is 5.97 Å². The number of imidazole rings is 1. The van der Waals surface area contributed by atoms with Crippen molar-refractivity contribution in [3.63, 3.8) is 0 Å². The Morgan fingerprint density at radius 2 is 2.15 bits per heavy atom. The Labute approximate surface area is 118 Å². The number of aryl methyl sites for hydroxylation is 1. The largest absolute Gasteiger partial charge is 0.480 e. The third-order valence-electron chi connectivity index (χ3n) is 3.59. The molecule has 1 unspecified atom stereocenters. The average molecular weight is 275 g/mol. The van der Waals surface area contributed by atoms with E-state index in [-0.39, 0.29) is 0 Å². The summed E-state index contributed by atoms with van der Waals surface area (Å²) in [6.45, 7) is 5.24. The van der Waals surface area contributed by atoms with E-state index in [0.29, 0.717) is 6.54 Å². The van der Waals surface area contributed by atoms with Gasteiger partial charge in [0.1, 0.15) is 11.9 Å². The van der Waals surface area contributed by atoms with E-state index in [1.54, 1.807) is 11.8 Å². The lowest BCUT2D eigenvalue weighted by Crippen LogP contribution is -2.36. The molecule has 1 N–H and O–H groups in total. The number of para-hydroxylation sites is 2. The normalized spacial score (nSPS) is 13.0. The van der Waals surface area contributed by atoms with E-state index in [1.807, 2.05) is 25.2 Å². The second kappa shape index (κ2) is 6.05. The summed E-state index contributed by atoms with van der Waals surface area (Å²) in [5, 5.41) is 9.07. The van der Waals surface area contributed by atoms with Crippen LogP contribution in [0, 0.1) is 0 Å². The number of carbonyl (C=O) groups is 1. The molecule has 0 saturated heterocycles. The van der Waals surface area contributed by atoms with E-state index >= 15 is 0 Å². The molecule has 0 radical (unpaired) electrons. The van der Waals surface area contributed by atoms with Crippen molar-refractivity contribution in [2.75, 3.05) is 7.05 Å². The summed E-state index contributed by atoms with van der Waals surface area (Å²) in [6, 6.07) is 7.50. The van der Waals surface area contributed by atoms with Gasteiger partial charge in [0.25, 0.3) is 0 Å². The van der Waals surface area contributed by atoms with Crippen LogP contribution in [0.3, 0.4) is 0 Å². The van der Waals surface area contributed by atoms with Gasteiger partial charge in [0, 0.05) is 6.54 Å². The first-order chi connectivity index (χ1) is 9.54. The number of likely N-dealkylation sites (N-methyl/N-ethyl adjacent to an activating group) is 1. The van der Waals surface area contributed by atoms with Gasteiger partial charge in [0.2, 0.25) is 0 Å². The Bertz CT molecular complexity index is 606. The Morgan fingerprint density at radius 3 is 2.80 bits per heavy atom. The van der Waals surface area contributed by atoms with Crippen LogP contribution >= 0.6 is 0 Å². The van der Waals surface area contributed by atoms with Crippen LogP contribution in [0.1, 0.15) is 26.1 Å². The smallest absolute Gasteiger partial charge is 0.320 e. The highest BCUT2D eigenvalue weighted by Crippen LogP contribution is 2.18. The standard InChI is InChI=1S/C15H21N3O2/c1-4-9-18-13-8-6-5-7-12(13)16-14(18)10-17(3)11(2)15(19)20/h5-8,11H,4,9-10H2,1-3H3,(H,19,20). The Kier molecular flexibility index (Phi) is 4.39. The molecule has 1 aromatic carbocycles. The number of aromatic nitrogens is 2. The molecule has 0 amide bonds. The quantitative estimate of drug-likeness (QED) is 0.879. The fourth-order valence-electron chi connectivity index (χ4n) is 2.27. The molecule has 2 rings (SSSR count). The van der Waals surface area contributed by atoms with Crippen molar-refractivity contribution in [2.45, 2.75) is 39.4 Å². The van der Waals surface area contributed by atoms with Gasteiger partial charge in [-0.2, -0.15) is 0 Å². The fraction of sp³-hybridized carbons (Fsp3) is 0.467. The molecule has 0 aliphatic heterocycles. The zero-order valence-electron chi connectivity index (χ0n) is 12.2. The first kappa shape index (κ1) is 14.5. The number of carboxylic acid groups (broad SMARTS) is 1. The number of benzene rings is 1. The predicted octanol–water partition coefficient (Wildman–Crippen LogP) is 2.35. The first-order valence-electron chi connectivity index (χ1n) is 6.91. The number of aliphatic carboxylic acids is 1. The zero-order valence-corrected chi connectivity index (χ0v) is 12.2. The van der Waals surface area contributed by atoms with Crippen molar-refractivity contribution in [3.05, 3.63) is 30.1 Å².